The Morgan fingerprint density at radius 3 is 2.71 bits per heavy atom. The molecule has 124 valence electrons. The van der Waals surface area contributed by atoms with E-state index in [1.807, 2.05) is 55.5 Å². The molecule has 1 atom stereocenters. The highest BCUT2D eigenvalue weighted by molar-refractivity contribution is 7.99. The average Bonchev–Trinajstić information content (AvgIpc) is 3.04. The number of hydrogen-bond acceptors (Lipinski definition) is 5. The van der Waals surface area contributed by atoms with Crippen molar-refractivity contribution in [3.05, 3.63) is 59.1 Å². The van der Waals surface area contributed by atoms with E-state index in [0.717, 1.165) is 22.0 Å². The fraction of sp³-hybridized carbons (Fsp3) is 0.235. The Labute approximate surface area is 150 Å². The molecule has 0 aliphatic rings. The first-order valence-corrected chi connectivity index (χ1v) is 8.88. The monoisotopic (exact) mass is 360 g/mol. The van der Waals surface area contributed by atoms with Gasteiger partial charge in [-0.15, -0.1) is 5.10 Å². The smallest absolute Gasteiger partial charge is 0.214 e. The van der Waals surface area contributed by atoms with Gasteiger partial charge in [0.15, 0.2) is 0 Å². The number of hydrogen-bond donors (Lipinski definition) is 0. The molecule has 1 heterocycles. The normalized spacial score (nSPS) is 12.1. The number of aromatic nitrogens is 4. The van der Waals surface area contributed by atoms with Crippen LogP contribution in [0.3, 0.4) is 0 Å². The van der Waals surface area contributed by atoms with Gasteiger partial charge >= 0.3 is 0 Å². The average molecular weight is 361 g/mol. The highest BCUT2D eigenvalue weighted by atomic mass is 35.5. The summed E-state index contributed by atoms with van der Waals surface area (Å²) in [6.07, 6.45) is 0. The van der Waals surface area contributed by atoms with E-state index in [1.54, 1.807) is 16.4 Å². The highest BCUT2D eigenvalue weighted by Gasteiger charge is 2.18. The van der Waals surface area contributed by atoms with Crippen molar-refractivity contribution in [1.29, 1.82) is 0 Å². The lowest BCUT2D eigenvalue weighted by atomic mass is 10.2. The van der Waals surface area contributed by atoms with Crippen LogP contribution in [-0.2, 0) is 0 Å². The number of ether oxygens (including phenoxy) is 1. The molecule has 0 saturated carbocycles. The maximum atomic E-state index is 6.29. The van der Waals surface area contributed by atoms with E-state index in [4.69, 9.17) is 16.3 Å². The van der Waals surface area contributed by atoms with Gasteiger partial charge in [-0.1, -0.05) is 53.7 Å². The third-order valence-electron chi connectivity index (χ3n) is 3.46. The van der Waals surface area contributed by atoms with Crippen LogP contribution in [-0.4, -0.2) is 26.8 Å². The molecule has 0 bridgehead atoms. The summed E-state index contributed by atoms with van der Waals surface area (Å²) in [6.45, 7) is 4.61. The molecular formula is C17H17ClN4OS. The summed E-state index contributed by atoms with van der Waals surface area (Å²) in [4.78, 5) is 0. The number of benzene rings is 2. The van der Waals surface area contributed by atoms with E-state index >= 15 is 0 Å². The summed E-state index contributed by atoms with van der Waals surface area (Å²) in [7, 11) is 0. The second kappa shape index (κ2) is 7.68. The van der Waals surface area contributed by atoms with Crippen LogP contribution in [0.25, 0.3) is 5.69 Å². The fourth-order valence-corrected chi connectivity index (χ4v) is 3.67. The molecule has 3 rings (SSSR count). The van der Waals surface area contributed by atoms with E-state index in [-0.39, 0.29) is 5.25 Å². The Morgan fingerprint density at radius 2 is 1.92 bits per heavy atom. The van der Waals surface area contributed by atoms with Crippen molar-refractivity contribution >= 4 is 23.4 Å². The van der Waals surface area contributed by atoms with Crippen LogP contribution in [0.15, 0.2) is 53.7 Å². The first kappa shape index (κ1) is 16.8. The predicted octanol–water partition coefficient (Wildman–Crippen LogP) is 4.57. The van der Waals surface area contributed by atoms with Crippen LogP contribution in [0.4, 0.5) is 0 Å². The van der Waals surface area contributed by atoms with Crippen molar-refractivity contribution in [2.24, 2.45) is 0 Å². The van der Waals surface area contributed by atoms with E-state index in [2.05, 4.69) is 22.4 Å². The van der Waals surface area contributed by atoms with E-state index in [9.17, 15) is 0 Å². The maximum absolute atomic E-state index is 6.29. The Bertz CT molecular complexity index is 824. The molecule has 0 spiro atoms. The van der Waals surface area contributed by atoms with Crippen molar-refractivity contribution in [3.8, 4) is 11.4 Å². The van der Waals surface area contributed by atoms with Gasteiger partial charge in [-0.05, 0) is 48.0 Å². The largest absolute Gasteiger partial charge is 0.492 e. The molecule has 5 nitrogen and oxygen atoms in total. The van der Waals surface area contributed by atoms with Gasteiger partial charge in [0.1, 0.15) is 11.4 Å². The molecule has 0 unspecified atom stereocenters. The number of thioether (sulfide) groups is 1. The van der Waals surface area contributed by atoms with Crippen LogP contribution in [0, 0.1) is 0 Å². The standard InChI is InChI=1S/C17H17ClN4OS/c1-3-23-16-11-7-6-10-15(16)22-17(19-20-21-22)24-12(2)13-8-4-5-9-14(13)18/h4-12H,3H2,1-2H3/t12-/m0/s1. The predicted molar refractivity (Wildman–Crippen MR) is 96.0 cm³/mol. The van der Waals surface area contributed by atoms with Crippen molar-refractivity contribution in [3.63, 3.8) is 0 Å². The Hall–Kier alpha value is -2.05. The van der Waals surface area contributed by atoms with E-state index < -0.39 is 0 Å². The molecule has 0 aliphatic carbocycles. The number of halogens is 1. The van der Waals surface area contributed by atoms with E-state index in [0.29, 0.717) is 11.8 Å². The van der Waals surface area contributed by atoms with Crippen LogP contribution in [0.1, 0.15) is 24.7 Å². The lowest BCUT2D eigenvalue weighted by Gasteiger charge is -2.14. The van der Waals surface area contributed by atoms with Gasteiger partial charge in [-0.25, -0.2) is 0 Å². The summed E-state index contributed by atoms with van der Waals surface area (Å²) in [5.74, 6) is 0.750. The molecule has 24 heavy (non-hydrogen) atoms. The molecule has 0 radical (unpaired) electrons. The van der Waals surface area contributed by atoms with Crippen LogP contribution < -0.4 is 4.74 Å². The molecule has 2 aromatic carbocycles. The summed E-state index contributed by atoms with van der Waals surface area (Å²) < 4.78 is 7.38. The third-order valence-corrected chi connectivity index (χ3v) is 4.88. The van der Waals surface area contributed by atoms with Crippen LogP contribution in [0.5, 0.6) is 5.75 Å². The maximum Gasteiger partial charge on any atom is 0.214 e. The lowest BCUT2D eigenvalue weighted by Crippen LogP contribution is -2.04. The second-order valence-electron chi connectivity index (χ2n) is 5.06. The van der Waals surface area contributed by atoms with Crippen LogP contribution >= 0.6 is 23.4 Å². The Kier molecular flexibility index (Phi) is 5.37. The Morgan fingerprint density at radius 1 is 1.17 bits per heavy atom. The zero-order valence-electron chi connectivity index (χ0n) is 13.4. The molecule has 7 heteroatoms. The van der Waals surface area contributed by atoms with Crippen molar-refractivity contribution in [1.82, 2.24) is 20.2 Å². The quantitative estimate of drug-likeness (QED) is 0.603. The van der Waals surface area contributed by atoms with Gasteiger partial charge < -0.3 is 4.74 Å². The SMILES string of the molecule is CCOc1ccccc1-n1nnnc1S[C@@H](C)c1ccccc1Cl. The minimum Gasteiger partial charge on any atom is -0.492 e. The summed E-state index contributed by atoms with van der Waals surface area (Å²) in [6, 6.07) is 15.5. The minimum absolute atomic E-state index is 0.114. The van der Waals surface area contributed by atoms with Crippen molar-refractivity contribution in [2.75, 3.05) is 6.61 Å². The topological polar surface area (TPSA) is 52.8 Å². The van der Waals surface area contributed by atoms with E-state index in [1.165, 1.54) is 0 Å². The fourth-order valence-electron chi connectivity index (χ4n) is 2.34. The number of rotatable bonds is 6. The summed E-state index contributed by atoms with van der Waals surface area (Å²) in [5.41, 5.74) is 1.87. The van der Waals surface area contributed by atoms with Gasteiger partial charge in [0, 0.05) is 10.3 Å². The summed E-state index contributed by atoms with van der Waals surface area (Å²) >= 11 is 7.84. The number of para-hydroxylation sites is 2. The molecular weight excluding hydrogens is 344 g/mol. The van der Waals surface area contributed by atoms with Crippen molar-refractivity contribution in [2.45, 2.75) is 24.3 Å². The van der Waals surface area contributed by atoms with Crippen molar-refractivity contribution < 1.29 is 4.74 Å². The number of nitrogens with zero attached hydrogens (tertiary/aromatic N) is 4. The molecule has 0 saturated heterocycles. The Balaban J connectivity index is 1.90. The zero-order chi connectivity index (χ0) is 16.9. The third kappa shape index (κ3) is 3.55. The molecule has 0 fully saturated rings. The molecule has 1 aromatic heterocycles. The van der Waals surface area contributed by atoms with Gasteiger partial charge in [0.2, 0.25) is 5.16 Å². The second-order valence-corrected chi connectivity index (χ2v) is 6.77. The van der Waals surface area contributed by atoms with Crippen LogP contribution in [0.2, 0.25) is 5.02 Å². The first-order chi connectivity index (χ1) is 11.7. The minimum atomic E-state index is 0.114. The van der Waals surface area contributed by atoms with Gasteiger partial charge in [0.25, 0.3) is 0 Å². The first-order valence-electron chi connectivity index (χ1n) is 7.62. The van der Waals surface area contributed by atoms with Gasteiger partial charge in [0.05, 0.1) is 6.61 Å². The molecule has 0 amide bonds. The molecule has 0 N–H and O–H groups in total. The van der Waals surface area contributed by atoms with Gasteiger partial charge in [-0.3, -0.25) is 0 Å². The number of tetrazole rings is 1. The zero-order valence-corrected chi connectivity index (χ0v) is 15.0. The van der Waals surface area contributed by atoms with Gasteiger partial charge in [-0.2, -0.15) is 4.68 Å². The molecule has 0 aliphatic heterocycles. The summed E-state index contributed by atoms with van der Waals surface area (Å²) in [5, 5.41) is 13.6. The lowest BCUT2D eigenvalue weighted by molar-refractivity contribution is 0.337. The molecule has 3 aromatic rings. The highest BCUT2D eigenvalue weighted by Crippen LogP contribution is 2.38.